The Balaban J connectivity index is 2.21. The quantitative estimate of drug-likeness (QED) is 0.788. The van der Waals surface area contributed by atoms with E-state index in [1.165, 1.54) is 17.0 Å². The minimum absolute atomic E-state index is 0.176. The topological polar surface area (TPSA) is 24.9 Å². The van der Waals surface area contributed by atoms with Crippen LogP contribution in [0, 0.1) is 23.2 Å². The first-order chi connectivity index (χ1) is 8.47. The summed E-state index contributed by atoms with van der Waals surface area (Å²) in [5.41, 5.74) is 2.02. The summed E-state index contributed by atoms with van der Waals surface area (Å²) in [6, 6.07) is 4.95. The number of aryl methyl sites for hydroxylation is 2. The van der Waals surface area contributed by atoms with Crippen LogP contribution in [0.1, 0.15) is 28.5 Å². The number of hydrogen-bond donors (Lipinski definition) is 1. The van der Waals surface area contributed by atoms with Crippen molar-refractivity contribution in [3.05, 3.63) is 43.2 Å². The van der Waals surface area contributed by atoms with Crippen LogP contribution in [0.3, 0.4) is 0 Å². The Kier molecular flexibility index (Phi) is 4.21. The lowest BCUT2D eigenvalue weighted by atomic mass is 10.2. The highest BCUT2D eigenvalue weighted by Gasteiger charge is 2.13. The first-order valence-corrected chi connectivity index (χ1v) is 7.52. The summed E-state index contributed by atoms with van der Waals surface area (Å²) >= 11 is 3.84. The lowest BCUT2D eigenvalue weighted by molar-refractivity contribution is 0.627. The lowest BCUT2D eigenvalue weighted by Crippen LogP contribution is -2.07. The molecule has 5 heteroatoms. The molecule has 0 saturated heterocycles. The normalized spacial score (nSPS) is 12.5. The van der Waals surface area contributed by atoms with E-state index < -0.39 is 0 Å². The fraction of sp³-hybridized carbons (Fsp3) is 0.308. The molecule has 0 aliphatic heterocycles. The number of nitrogens with zero attached hydrogens (tertiary/aromatic N) is 1. The van der Waals surface area contributed by atoms with Gasteiger partial charge >= 0.3 is 0 Å². The molecule has 1 aromatic heterocycles. The Morgan fingerprint density at radius 2 is 2.11 bits per heavy atom. The van der Waals surface area contributed by atoms with E-state index in [4.69, 9.17) is 0 Å². The molecule has 2 nitrogen and oxygen atoms in total. The average molecular weight is 376 g/mol. The van der Waals surface area contributed by atoms with Crippen molar-refractivity contribution in [3.8, 4) is 0 Å². The molecule has 18 heavy (non-hydrogen) atoms. The van der Waals surface area contributed by atoms with E-state index in [0.29, 0.717) is 0 Å². The number of nitrogens with one attached hydrogen (secondary N) is 1. The molecule has 96 valence electrons. The molecule has 2 aromatic rings. The van der Waals surface area contributed by atoms with Gasteiger partial charge in [0.15, 0.2) is 0 Å². The number of benzene rings is 1. The van der Waals surface area contributed by atoms with Crippen LogP contribution in [0.25, 0.3) is 0 Å². The Labute approximate surface area is 124 Å². The molecule has 1 heterocycles. The van der Waals surface area contributed by atoms with E-state index in [-0.39, 0.29) is 11.9 Å². The van der Waals surface area contributed by atoms with Crippen molar-refractivity contribution in [3.63, 3.8) is 0 Å². The second-order valence-corrected chi connectivity index (χ2v) is 6.57. The van der Waals surface area contributed by atoms with Gasteiger partial charge in [0.2, 0.25) is 0 Å². The average Bonchev–Trinajstić information content (AvgIpc) is 2.62. The summed E-state index contributed by atoms with van der Waals surface area (Å²) in [7, 11) is 0. The minimum Gasteiger partial charge on any atom is -0.377 e. The summed E-state index contributed by atoms with van der Waals surface area (Å²) in [5, 5.41) is 4.48. The molecule has 2 rings (SSSR count). The van der Waals surface area contributed by atoms with Gasteiger partial charge in [0.1, 0.15) is 5.82 Å². The van der Waals surface area contributed by atoms with Crippen molar-refractivity contribution in [2.75, 3.05) is 5.32 Å². The van der Waals surface area contributed by atoms with E-state index in [1.807, 2.05) is 13.8 Å². The lowest BCUT2D eigenvalue weighted by Gasteiger charge is -2.15. The zero-order valence-corrected chi connectivity index (χ0v) is 13.4. The minimum atomic E-state index is -0.206. The maximum atomic E-state index is 13.0. The summed E-state index contributed by atoms with van der Waals surface area (Å²) in [6.07, 6.45) is 0. The first kappa shape index (κ1) is 13.7. The number of rotatable bonds is 3. The molecule has 0 aliphatic rings. The van der Waals surface area contributed by atoms with Crippen molar-refractivity contribution in [1.29, 1.82) is 0 Å². The van der Waals surface area contributed by atoms with Crippen molar-refractivity contribution < 1.29 is 4.39 Å². The standard InChI is InChI=1S/C13H14FIN2S/c1-7-13(18-9(3)16-7)8(2)17-12-5-4-10(14)6-11(12)15/h4-6,8,17H,1-3H3. The molecule has 0 bridgehead atoms. The molecule has 0 amide bonds. The van der Waals surface area contributed by atoms with Gasteiger partial charge in [-0.15, -0.1) is 11.3 Å². The van der Waals surface area contributed by atoms with Gasteiger partial charge < -0.3 is 5.32 Å². The maximum absolute atomic E-state index is 13.0. The second kappa shape index (κ2) is 5.52. The number of aromatic nitrogens is 1. The zero-order chi connectivity index (χ0) is 13.3. The van der Waals surface area contributed by atoms with E-state index in [0.717, 1.165) is 20.0 Å². The highest BCUT2D eigenvalue weighted by molar-refractivity contribution is 14.1. The van der Waals surface area contributed by atoms with Gasteiger partial charge in [0.05, 0.1) is 16.7 Å². The molecular formula is C13H14FIN2S. The van der Waals surface area contributed by atoms with Crippen LogP contribution in [0.15, 0.2) is 18.2 Å². The Hall–Kier alpha value is -0.690. The maximum Gasteiger partial charge on any atom is 0.124 e. The molecule has 1 aromatic carbocycles. The smallest absolute Gasteiger partial charge is 0.124 e. The monoisotopic (exact) mass is 376 g/mol. The number of thiazole rings is 1. The predicted octanol–water partition coefficient (Wildman–Crippen LogP) is 4.68. The van der Waals surface area contributed by atoms with E-state index in [2.05, 4.69) is 39.8 Å². The van der Waals surface area contributed by atoms with Crippen LogP contribution in [0.5, 0.6) is 0 Å². The van der Waals surface area contributed by atoms with Crippen molar-refractivity contribution >= 4 is 39.6 Å². The number of hydrogen-bond acceptors (Lipinski definition) is 3. The number of anilines is 1. The van der Waals surface area contributed by atoms with Gasteiger partial charge in [0.25, 0.3) is 0 Å². The molecule has 0 aliphatic carbocycles. The Bertz CT molecular complexity index is 568. The predicted molar refractivity (Wildman–Crippen MR) is 82.7 cm³/mol. The van der Waals surface area contributed by atoms with Crippen LogP contribution >= 0.6 is 33.9 Å². The molecule has 0 fully saturated rings. The molecule has 1 N–H and O–H groups in total. The van der Waals surface area contributed by atoms with Gasteiger partial charge in [-0.3, -0.25) is 0 Å². The van der Waals surface area contributed by atoms with Crippen LogP contribution < -0.4 is 5.32 Å². The van der Waals surface area contributed by atoms with Crippen molar-refractivity contribution in [2.24, 2.45) is 0 Å². The van der Waals surface area contributed by atoms with Gasteiger partial charge in [-0.1, -0.05) is 0 Å². The first-order valence-electron chi connectivity index (χ1n) is 5.63. The summed E-state index contributed by atoms with van der Waals surface area (Å²) in [6.45, 7) is 6.13. The molecular weight excluding hydrogens is 362 g/mol. The number of halogens is 2. The van der Waals surface area contributed by atoms with Crippen LogP contribution in [0.4, 0.5) is 10.1 Å². The summed E-state index contributed by atoms with van der Waals surface area (Å²) in [4.78, 5) is 5.66. The SMILES string of the molecule is Cc1nc(C)c(C(C)Nc2ccc(F)cc2I)s1. The highest BCUT2D eigenvalue weighted by atomic mass is 127. The van der Waals surface area contributed by atoms with Crippen molar-refractivity contribution in [1.82, 2.24) is 4.98 Å². The van der Waals surface area contributed by atoms with E-state index in [1.54, 1.807) is 17.4 Å². The Morgan fingerprint density at radius 1 is 1.39 bits per heavy atom. The van der Waals surface area contributed by atoms with Gasteiger partial charge in [0, 0.05) is 14.1 Å². The second-order valence-electron chi connectivity index (χ2n) is 4.17. The summed E-state index contributed by atoms with van der Waals surface area (Å²) in [5.74, 6) is -0.206. The zero-order valence-electron chi connectivity index (χ0n) is 10.4. The molecule has 1 unspecified atom stereocenters. The van der Waals surface area contributed by atoms with Crippen LogP contribution in [-0.4, -0.2) is 4.98 Å². The molecule has 1 atom stereocenters. The molecule has 0 spiro atoms. The van der Waals surface area contributed by atoms with Gasteiger partial charge in [-0.25, -0.2) is 9.37 Å². The van der Waals surface area contributed by atoms with Crippen LogP contribution in [0.2, 0.25) is 0 Å². The van der Waals surface area contributed by atoms with Gasteiger partial charge in [-0.05, 0) is 61.6 Å². The van der Waals surface area contributed by atoms with Gasteiger partial charge in [-0.2, -0.15) is 0 Å². The molecule has 0 radical (unpaired) electrons. The van der Waals surface area contributed by atoms with E-state index >= 15 is 0 Å². The largest absolute Gasteiger partial charge is 0.377 e. The van der Waals surface area contributed by atoms with E-state index in [9.17, 15) is 4.39 Å². The Morgan fingerprint density at radius 3 is 2.67 bits per heavy atom. The fourth-order valence-corrected chi connectivity index (χ4v) is 3.42. The summed E-state index contributed by atoms with van der Waals surface area (Å²) < 4.78 is 13.9. The third kappa shape index (κ3) is 3.00. The molecule has 0 saturated carbocycles. The fourth-order valence-electron chi connectivity index (χ4n) is 1.85. The van der Waals surface area contributed by atoms with Crippen LogP contribution in [-0.2, 0) is 0 Å². The highest BCUT2D eigenvalue weighted by Crippen LogP contribution is 2.29. The third-order valence-corrected chi connectivity index (χ3v) is 4.78. The van der Waals surface area contributed by atoms with Crippen molar-refractivity contribution in [2.45, 2.75) is 26.8 Å². The third-order valence-electron chi connectivity index (χ3n) is 2.64.